The maximum atomic E-state index is 11.6. The molecule has 0 atom stereocenters. The van der Waals surface area contributed by atoms with Crippen molar-refractivity contribution in [3.05, 3.63) is 52.7 Å². The molecule has 0 unspecified atom stereocenters. The Morgan fingerprint density at radius 1 is 1.21 bits per heavy atom. The van der Waals surface area contributed by atoms with Crippen molar-refractivity contribution in [3.8, 4) is 0 Å². The van der Waals surface area contributed by atoms with E-state index < -0.39 is 0 Å². The van der Waals surface area contributed by atoms with Crippen LogP contribution in [0.1, 0.15) is 11.8 Å². The standard InChI is InChI=1S/C14H15N3OS/c1-11(13-8-5-9-19-13)16-17-14(18)10-15-12-6-3-2-4-7-12/h2-9,15H,10H2,1H3,(H,17,18)/b16-11-. The van der Waals surface area contributed by atoms with Crippen LogP contribution in [-0.4, -0.2) is 18.2 Å². The summed E-state index contributed by atoms with van der Waals surface area (Å²) in [7, 11) is 0. The summed E-state index contributed by atoms with van der Waals surface area (Å²) in [5.74, 6) is -0.167. The summed E-state index contributed by atoms with van der Waals surface area (Å²) >= 11 is 1.60. The van der Waals surface area contributed by atoms with Crippen molar-refractivity contribution in [1.29, 1.82) is 0 Å². The molecule has 0 saturated carbocycles. The number of thiophene rings is 1. The maximum absolute atomic E-state index is 11.6. The molecule has 98 valence electrons. The highest BCUT2D eigenvalue weighted by Gasteiger charge is 2.01. The van der Waals surface area contributed by atoms with Crippen molar-refractivity contribution < 1.29 is 4.79 Å². The highest BCUT2D eigenvalue weighted by atomic mass is 32.1. The van der Waals surface area contributed by atoms with Gasteiger partial charge in [-0.1, -0.05) is 24.3 Å². The van der Waals surface area contributed by atoms with Gasteiger partial charge in [-0.2, -0.15) is 5.10 Å². The zero-order valence-corrected chi connectivity index (χ0v) is 11.4. The Kier molecular flexibility index (Phi) is 4.69. The van der Waals surface area contributed by atoms with Gasteiger partial charge in [-0.3, -0.25) is 4.79 Å². The van der Waals surface area contributed by atoms with E-state index in [2.05, 4.69) is 15.8 Å². The van der Waals surface area contributed by atoms with Crippen LogP contribution in [0, 0.1) is 0 Å². The number of nitrogens with one attached hydrogen (secondary N) is 2. The highest BCUT2D eigenvalue weighted by Crippen LogP contribution is 2.09. The van der Waals surface area contributed by atoms with Crippen molar-refractivity contribution in [3.63, 3.8) is 0 Å². The number of benzene rings is 1. The fourth-order valence-corrected chi connectivity index (χ4v) is 2.14. The molecule has 0 radical (unpaired) electrons. The van der Waals surface area contributed by atoms with Gasteiger partial charge in [-0.15, -0.1) is 11.3 Å². The number of hydrogen-bond acceptors (Lipinski definition) is 4. The normalized spacial score (nSPS) is 11.1. The zero-order valence-electron chi connectivity index (χ0n) is 10.6. The Morgan fingerprint density at radius 2 is 2.00 bits per heavy atom. The van der Waals surface area contributed by atoms with Gasteiger partial charge in [0.15, 0.2) is 0 Å². The van der Waals surface area contributed by atoms with E-state index in [4.69, 9.17) is 0 Å². The van der Waals surface area contributed by atoms with E-state index in [-0.39, 0.29) is 12.5 Å². The van der Waals surface area contributed by atoms with Crippen molar-refractivity contribution >= 4 is 28.6 Å². The quantitative estimate of drug-likeness (QED) is 0.650. The van der Waals surface area contributed by atoms with Crippen molar-refractivity contribution in [1.82, 2.24) is 5.43 Å². The summed E-state index contributed by atoms with van der Waals surface area (Å²) in [5.41, 5.74) is 4.26. The second-order valence-electron chi connectivity index (χ2n) is 3.93. The average molecular weight is 273 g/mol. The van der Waals surface area contributed by atoms with Gasteiger partial charge >= 0.3 is 0 Å². The molecule has 0 aliphatic carbocycles. The predicted molar refractivity (Wildman–Crippen MR) is 79.6 cm³/mol. The van der Waals surface area contributed by atoms with E-state index in [0.29, 0.717) is 0 Å². The van der Waals surface area contributed by atoms with Crippen LogP contribution in [0.5, 0.6) is 0 Å². The molecule has 2 rings (SSSR count). The molecule has 1 aromatic heterocycles. The van der Waals surface area contributed by atoms with E-state index in [1.165, 1.54) is 0 Å². The van der Waals surface area contributed by atoms with Crippen LogP contribution >= 0.6 is 11.3 Å². The van der Waals surface area contributed by atoms with Crippen LogP contribution in [0.2, 0.25) is 0 Å². The van der Waals surface area contributed by atoms with E-state index >= 15 is 0 Å². The summed E-state index contributed by atoms with van der Waals surface area (Å²) in [4.78, 5) is 12.7. The second-order valence-corrected chi connectivity index (χ2v) is 4.88. The lowest BCUT2D eigenvalue weighted by molar-refractivity contribution is -0.119. The van der Waals surface area contributed by atoms with Gasteiger partial charge in [0.1, 0.15) is 0 Å². The van der Waals surface area contributed by atoms with Gasteiger partial charge in [-0.05, 0) is 30.5 Å². The number of nitrogens with zero attached hydrogens (tertiary/aromatic N) is 1. The molecular weight excluding hydrogens is 258 g/mol. The summed E-state index contributed by atoms with van der Waals surface area (Å²) in [5, 5.41) is 9.07. The van der Waals surface area contributed by atoms with Gasteiger partial charge in [0.2, 0.25) is 0 Å². The molecular formula is C14H15N3OS. The van der Waals surface area contributed by atoms with Gasteiger partial charge in [0, 0.05) is 10.6 Å². The smallest absolute Gasteiger partial charge is 0.259 e. The third-order valence-corrected chi connectivity index (χ3v) is 3.43. The number of hydrazone groups is 1. The van der Waals surface area contributed by atoms with Crippen LogP contribution in [-0.2, 0) is 4.79 Å². The van der Waals surface area contributed by atoms with Crippen LogP contribution in [0.15, 0.2) is 52.9 Å². The average Bonchev–Trinajstić information content (AvgIpc) is 2.98. The number of para-hydroxylation sites is 1. The first kappa shape index (κ1) is 13.3. The molecule has 4 nitrogen and oxygen atoms in total. The lowest BCUT2D eigenvalue weighted by Crippen LogP contribution is -2.26. The number of rotatable bonds is 5. The van der Waals surface area contributed by atoms with Gasteiger partial charge < -0.3 is 5.32 Å². The Labute approximate surface area is 116 Å². The molecule has 1 amide bonds. The number of hydrogen-bond donors (Lipinski definition) is 2. The van der Waals surface area contributed by atoms with Crippen molar-refractivity contribution in [2.24, 2.45) is 5.10 Å². The first-order chi connectivity index (χ1) is 9.25. The number of carbonyl (C=O) groups excluding carboxylic acids is 1. The third-order valence-electron chi connectivity index (χ3n) is 2.45. The monoisotopic (exact) mass is 273 g/mol. The van der Waals surface area contributed by atoms with E-state index in [1.807, 2.05) is 54.8 Å². The largest absolute Gasteiger partial charge is 0.376 e. The molecule has 0 aliphatic rings. The first-order valence-corrected chi connectivity index (χ1v) is 6.79. The minimum atomic E-state index is -0.167. The molecule has 1 heterocycles. The molecule has 19 heavy (non-hydrogen) atoms. The second kappa shape index (κ2) is 6.70. The summed E-state index contributed by atoms with van der Waals surface area (Å²) in [6, 6.07) is 13.5. The fraction of sp³-hybridized carbons (Fsp3) is 0.143. The molecule has 0 fully saturated rings. The molecule has 2 N–H and O–H groups in total. The molecule has 2 aromatic rings. The van der Waals surface area contributed by atoms with Crippen LogP contribution in [0.3, 0.4) is 0 Å². The lowest BCUT2D eigenvalue weighted by Gasteiger charge is -2.05. The van der Waals surface area contributed by atoms with Crippen molar-refractivity contribution in [2.45, 2.75) is 6.92 Å². The number of anilines is 1. The van der Waals surface area contributed by atoms with Gasteiger partial charge in [0.05, 0.1) is 12.3 Å². The predicted octanol–water partition coefficient (Wildman–Crippen LogP) is 2.70. The van der Waals surface area contributed by atoms with Crippen LogP contribution in [0.25, 0.3) is 0 Å². The van der Waals surface area contributed by atoms with Crippen molar-refractivity contribution in [2.75, 3.05) is 11.9 Å². The van der Waals surface area contributed by atoms with Crippen LogP contribution < -0.4 is 10.7 Å². The highest BCUT2D eigenvalue weighted by molar-refractivity contribution is 7.12. The maximum Gasteiger partial charge on any atom is 0.259 e. The molecule has 0 spiro atoms. The van der Waals surface area contributed by atoms with Gasteiger partial charge in [0.25, 0.3) is 5.91 Å². The first-order valence-electron chi connectivity index (χ1n) is 5.91. The minimum Gasteiger partial charge on any atom is -0.376 e. The minimum absolute atomic E-state index is 0.167. The topological polar surface area (TPSA) is 53.5 Å². The fourth-order valence-electron chi connectivity index (χ4n) is 1.46. The molecule has 5 heteroatoms. The Hall–Kier alpha value is -2.14. The Bertz CT molecular complexity index is 549. The molecule has 1 aromatic carbocycles. The molecule has 0 aliphatic heterocycles. The van der Waals surface area contributed by atoms with E-state index in [1.54, 1.807) is 11.3 Å². The third kappa shape index (κ3) is 4.22. The van der Waals surface area contributed by atoms with Crippen LogP contribution in [0.4, 0.5) is 5.69 Å². The van der Waals surface area contributed by atoms with E-state index in [0.717, 1.165) is 16.3 Å². The molecule has 0 saturated heterocycles. The Morgan fingerprint density at radius 3 is 2.68 bits per heavy atom. The van der Waals surface area contributed by atoms with E-state index in [9.17, 15) is 4.79 Å². The number of carbonyl (C=O) groups is 1. The molecule has 0 bridgehead atoms. The van der Waals surface area contributed by atoms with Gasteiger partial charge in [-0.25, -0.2) is 5.43 Å². The summed E-state index contributed by atoms with van der Waals surface area (Å²) < 4.78 is 0. The lowest BCUT2D eigenvalue weighted by atomic mass is 10.3. The number of amides is 1. The Balaban J connectivity index is 1.80. The summed E-state index contributed by atoms with van der Waals surface area (Å²) in [6.45, 7) is 2.07. The summed E-state index contributed by atoms with van der Waals surface area (Å²) in [6.07, 6.45) is 0. The SMILES string of the molecule is C/C(=N/NC(=O)CNc1ccccc1)c1cccs1. The zero-order chi connectivity index (χ0) is 13.5.